The molecule has 1 aromatic heterocycles. The molecule has 308 valence electrons. The first-order chi connectivity index (χ1) is 32.7. The quantitative estimate of drug-likeness (QED) is 0.175. The van der Waals surface area contributed by atoms with Crippen LogP contribution in [0.3, 0.4) is 0 Å². The summed E-state index contributed by atoms with van der Waals surface area (Å²) in [4.78, 5) is 5.15. The first-order valence-corrected chi connectivity index (χ1v) is 24.3. The second kappa shape index (κ2) is 13.5. The van der Waals surface area contributed by atoms with Crippen molar-refractivity contribution in [3.05, 3.63) is 269 Å². The molecule has 0 bridgehead atoms. The fourth-order valence-corrected chi connectivity index (χ4v) is 14.7. The maximum atomic E-state index is 6.68. The molecular formula is C62H37NOS2. The molecule has 0 radical (unpaired) electrons. The van der Waals surface area contributed by atoms with Gasteiger partial charge in [0.2, 0.25) is 0 Å². The fraction of sp³-hybridized carbons (Fsp3) is 0.0323. The third-order valence-corrected chi connectivity index (χ3v) is 17.2. The minimum atomic E-state index is -0.544. The maximum absolute atomic E-state index is 6.68. The summed E-state index contributed by atoms with van der Waals surface area (Å²) in [6.07, 6.45) is 0. The molecule has 0 unspecified atom stereocenters. The van der Waals surface area contributed by atoms with Crippen LogP contribution in [0.2, 0.25) is 0 Å². The van der Waals surface area contributed by atoms with E-state index in [0.29, 0.717) is 0 Å². The van der Waals surface area contributed by atoms with E-state index in [1.165, 1.54) is 102 Å². The molecule has 0 saturated carbocycles. The number of ether oxygens (including phenoxy) is 1. The van der Waals surface area contributed by atoms with Crippen LogP contribution in [0.15, 0.2) is 234 Å². The van der Waals surface area contributed by atoms with Gasteiger partial charge in [0.25, 0.3) is 0 Å². The van der Waals surface area contributed by atoms with Gasteiger partial charge in [0.15, 0.2) is 0 Å². The Bertz CT molecular complexity index is 3790. The molecule has 2 aliphatic heterocycles. The van der Waals surface area contributed by atoms with Crippen LogP contribution in [0.25, 0.3) is 42.4 Å². The van der Waals surface area contributed by atoms with Crippen molar-refractivity contribution in [2.45, 2.75) is 20.6 Å². The van der Waals surface area contributed by atoms with E-state index in [0.717, 1.165) is 22.9 Å². The molecule has 2 aliphatic carbocycles. The van der Waals surface area contributed by atoms with E-state index in [-0.39, 0.29) is 0 Å². The van der Waals surface area contributed by atoms with E-state index in [1.54, 1.807) is 0 Å². The summed E-state index contributed by atoms with van der Waals surface area (Å²) in [6, 6.07) is 83.8. The first-order valence-electron chi connectivity index (χ1n) is 22.7. The van der Waals surface area contributed by atoms with Gasteiger partial charge in [-0.2, -0.15) is 0 Å². The fourth-order valence-electron chi connectivity index (χ4n) is 12.3. The van der Waals surface area contributed by atoms with Crippen LogP contribution in [-0.4, -0.2) is 0 Å². The van der Waals surface area contributed by atoms with E-state index >= 15 is 0 Å². The Morgan fingerprint density at radius 2 is 0.848 bits per heavy atom. The predicted molar refractivity (Wildman–Crippen MR) is 273 cm³/mol. The average molecular weight is 876 g/mol. The van der Waals surface area contributed by atoms with E-state index in [4.69, 9.17) is 4.74 Å². The van der Waals surface area contributed by atoms with E-state index in [2.05, 4.69) is 229 Å². The number of thiophene rings is 1. The third-order valence-electron chi connectivity index (χ3n) is 14.8. The van der Waals surface area contributed by atoms with Crippen LogP contribution < -0.4 is 9.64 Å². The highest BCUT2D eigenvalue weighted by Gasteiger charge is 2.52. The van der Waals surface area contributed by atoms with Gasteiger partial charge in [0.05, 0.1) is 21.2 Å². The summed E-state index contributed by atoms with van der Waals surface area (Å²) in [5, 5.41) is 2.56. The summed E-state index contributed by atoms with van der Waals surface area (Å²) in [6.45, 7) is 0. The van der Waals surface area contributed by atoms with Crippen LogP contribution in [0.5, 0.6) is 11.5 Å². The molecule has 4 aliphatic rings. The highest BCUT2D eigenvalue weighted by atomic mass is 32.2. The first kappa shape index (κ1) is 36.7. The molecule has 4 heteroatoms. The molecule has 3 heterocycles. The smallest absolute Gasteiger partial charge is 0.132 e. The lowest BCUT2D eigenvalue weighted by Gasteiger charge is -2.40. The molecule has 66 heavy (non-hydrogen) atoms. The zero-order valence-corrected chi connectivity index (χ0v) is 37.2. The molecular weight excluding hydrogens is 839 g/mol. The zero-order valence-electron chi connectivity index (χ0n) is 35.5. The number of hydrogen-bond acceptors (Lipinski definition) is 4. The van der Waals surface area contributed by atoms with Crippen LogP contribution in [0.4, 0.5) is 17.1 Å². The average Bonchev–Trinajstić information content (AvgIpc) is 4.00. The molecule has 11 aromatic rings. The minimum absolute atomic E-state index is 0.497. The number of benzene rings is 10. The monoisotopic (exact) mass is 875 g/mol. The summed E-state index contributed by atoms with van der Waals surface area (Å²) in [5.41, 5.74) is 17.7. The van der Waals surface area contributed by atoms with Crippen LogP contribution in [-0.2, 0) is 10.8 Å². The largest absolute Gasteiger partial charge is 0.457 e. The zero-order chi connectivity index (χ0) is 43.1. The lowest BCUT2D eigenvalue weighted by molar-refractivity contribution is 0.436. The molecule has 15 rings (SSSR count). The van der Waals surface area contributed by atoms with Gasteiger partial charge in [-0.1, -0.05) is 176 Å². The molecule has 0 atom stereocenters. The Hall–Kier alpha value is -7.63. The Labute approximate surface area is 391 Å². The lowest BCUT2D eigenvalue weighted by Crippen LogP contribution is -2.32. The van der Waals surface area contributed by atoms with Crippen molar-refractivity contribution in [2.24, 2.45) is 0 Å². The van der Waals surface area contributed by atoms with Gasteiger partial charge >= 0.3 is 0 Å². The van der Waals surface area contributed by atoms with Crippen molar-refractivity contribution in [3.8, 4) is 33.8 Å². The van der Waals surface area contributed by atoms with Crippen molar-refractivity contribution in [1.82, 2.24) is 0 Å². The molecule has 2 nitrogen and oxygen atoms in total. The molecule has 0 amide bonds. The van der Waals surface area contributed by atoms with Gasteiger partial charge in [-0.15, -0.1) is 11.3 Å². The van der Waals surface area contributed by atoms with Gasteiger partial charge in [-0.05, 0) is 116 Å². The van der Waals surface area contributed by atoms with Crippen molar-refractivity contribution >= 4 is 60.3 Å². The van der Waals surface area contributed by atoms with Gasteiger partial charge in [-0.3, -0.25) is 0 Å². The summed E-state index contributed by atoms with van der Waals surface area (Å²) < 4.78 is 9.24. The number of hydrogen-bond donors (Lipinski definition) is 0. The normalized spacial score (nSPS) is 14.7. The molecule has 0 fully saturated rings. The minimum Gasteiger partial charge on any atom is -0.457 e. The highest BCUT2D eigenvalue weighted by molar-refractivity contribution is 7.99. The second-order valence-electron chi connectivity index (χ2n) is 17.8. The van der Waals surface area contributed by atoms with Gasteiger partial charge in [0, 0.05) is 47.8 Å². The van der Waals surface area contributed by atoms with Crippen LogP contribution in [0, 0.1) is 0 Å². The summed E-state index contributed by atoms with van der Waals surface area (Å²) >= 11 is 3.77. The van der Waals surface area contributed by atoms with E-state index < -0.39 is 10.8 Å². The van der Waals surface area contributed by atoms with Crippen LogP contribution in [0.1, 0.15) is 44.5 Å². The number of fused-ring (bicyclic) bond motifs is 21. The van der Waals surface area contributed by atoms with Crippen molar-refractivity contribution in [1.29, 1.82) is 0 Å². The number of nitrogens with zero attached hydrogens (tertiary/aromatic N) is 1. The van der Waals surface area contributed by atoms with Crippen LogP contribution >= 0.6 is 23.1 Å². The highest BCUT2D eigenvalue weighted by Crippen LogP contribution is 2.65. The Balaban J connectivity index is 1.02. The Morgan fingerprint density at radius 3 is 1.56 bits per heavy atom. The summed E-state index contributed by atoms with van der Waals surface area (Å²) in [7, 11) is 0. The Morgan fingerprint density at radius 1 is 0.348 bits per heavy atom. The molecule has 10 aromatic carbocycles. The third kappa shape index (κ3) is 4.62. The van der Waals surface area contributed by atoms with Gasteiger partial charge in [0.1, 0.15) is 11.5 Å². The number of anilines is 3. The number of rotatable bonds is 3. The SMILES string of the molecule is c1ccc2c(c1)Oc1ccccc1C21c2ccccc2-c2cc(N(c3ccc4c(c3)C3(c5ccccc5Sc5ccccc53)c3ccccc3-4)c3cccc4c3sc3ccccc34)ccc21. The number of para-hydroxylation sites is 2. The second-order valence-corrected chi connectivity index (χ2v) is 20.0. The topological polar surface area (TPSA) is 12.5 Å². The molecule has 0 N–H and O–H groups in total. The van der Waals surface area contributed by atoms with Crippen molar-refractivity contribution in [3.63, 3.8) is 0 Å². The van der Waals surface area contributed by atoms with Gasteiger partial charge in [-0.25, -0.2) is 0 Å². The molecule has 0 saturated heterocycles. The maximum Gasteiger partial charge on any atom is 0.132 e. The standard InChI is InChI=1S/C62H37NOS2/c1-4-20-46-40(16-1)42-34-32-39(37-53(42)62(46)51-24-8-13-30-58(51)65-59-31-14-9-25-52(59)62)63(54-26-15-19-44-43-18-3-12-29-57(43)66-60(44)54)38-33-35-48-45(36-38)41-17-2-5-21-47(41)61(48)49-22-6-10-27-55(49)64-56-28-11-7-23-50(56)61/h1-37H. The Kier molecular flexibility index (Phi) is 7.48. The van der Waals surface area contributed by atoms with Crippen molar-refractivity contribution < 1.29 is 4.74 Å². The predicted octanol–water partition coefficient (Wildman–Crippen LogP) is 16.8. The van der Waals surface area contributed by atoms with Gasteiger partial charge < -0.3 is 9.64 Å². The molecule has 2 spiro atoms. The van der Waals surface area contributed by atoms with Crippen molar-refractivity contribution in [2.75, 3.05) is 4.90 Å². The lowest BCUT2D eigenvalue weighted by atomic mass is 9.66. The van der Waals surface area contributed by atoms with E-state index in [1.807, 2.05) is 23.1 Å². The summed E-state index contributed by atoms with van der Waals surface area (Å²) in [5.74, 6) is 1.80. The van der Waals surface area contributed by atoms with E-state index in [9.17, 15) is 0 Å².